The van der Waals surface area contributed by atoms with Crippen molar-refractivity contribution in [3.8, 4) is 0 Å². The minimum absolute atomic E-state index is 0.396. The number of unbranched alkanes of at least 4 members (excludes halogenated alkanes) is 2. The number of quaternary nitrogens is 1. The molecule has 0 atom stereocenters. The van der Waals surface area contributed by atoms with Crippen molar-refractivity contribution in [1.82, 2.24) is 5.32 Å². The van der Waals surface area contributed by atoms with Crippen LogP contribution in [0.3, 0.4) is 0 Å². The van der Waals surface area contributed by atoms with E-state index in [9.17, 15) is 14.7 Å². The minimum atomic E-state index is -1.36. The minimum Gasteiger partial charge on any atom is -0.545 e. The first-order chi connectivity index (χ1) is 8.08. The lowest BCUT2D eigenvalue weighted by molar-refractivity contribution is -0.368. The van der Waals surface area contributed by atoms with E-state index < -0.39 is 11.9 Å². The molecule has 5 heteroatoms. The number of carbonyl (C=O) groups excluding carboxylic acids is 2. The molecule has 0 bridgehead atoms. The van der Waals surface area contributed by atoms with E-state index in [0.717, 1.165) is 25.5 Å². The number of carboxylic acids is 1. The average molecular weight is 244 g/mol. The summed E-state index contributed by atoms with van der Waals surface area (Å²) >= 11 is 0. The van der Waals surface area contributed by atoms with Crippen molar-refractivity contribution in [3.63, 3.8) is 0 Å². The van der Waals surface area contributed by atoms with Gasteiger partial charge in [0.2, 0.25) is 5.91 Å². The summed E-state index contributed by atoms with van der Waals surface area (Å²) in [6, 6.07) is 0. The van der Waals surface area contributed by atoms with Gasteiger partial charge in [-0.05, 0) is 18.9 Å². The molecule has 17 heavy (non-hydrogen) atoms. The van der Waals surface area contributed by atoms with Crippen LogP contribution in [0.4, 0.5) is 0 Å². The van der Waals surface area contributed by atoms with Gasteiger partial charge in [0.1, 0.15) is 0 Å². The van der Waals surface area contributed by atoms with Crippen LogP contribution in [0.25, 0.3) is 0 Å². The highest BCUT2D eigenvalue weighted by Crippen LogP contribution is 1.82. The van der Waals surface area contributed by atoms with Gasteiger partial charge in [0, 0.05) is 12.6 Å². The zero-order chi connectivity index (χ0) is 13.5. The molecule has 1 amide bonds. The first-order valence-corrected chi connectivity index (χ1v) is 6.04. The number of hydrogen-bond acceptors (Lipinski definition) is 3. The molecule has 0 unspecified atom stereocenters. The van der Waals surface area contributed by atoms with Crippen molar-refractivity contribution in [2.75, 3.05) is 13.1 Å². The molecular formula is C12H24N2O3. The molecule has 0 aliphatic carbocycles. The summed E-state index contributed by atoms with van der Waals surface area (Å²) < 4.78 is 0. The molecule has 100 valence electrons. The number of rotatable bonds is 7. The maximum absolute atomic E-state index is 10.7. The summed E-state index contributed by atoms with van der Waals surface area (Å²) in [6.07, 6.45) is 6.10. The third-order valence-corrected chi connectivity index (χ3v) is 1.80. The van der Waals surface area contributed by atoms with Gasteiger partial charge >= 0.3 is 0 Å². The van der Waals surface area contributed by atoms with E-state index >= 15 is 0 Å². The smallest absolute Gasteiger partial charge is 0.244 e. The molecule has 5 nitrogen and oxygen atoms in total. The van der Waals surface area contributed by atoms with Crippen molar-refractivity contribution in [2.45, 2.75) is 39.5 Å². The van der Waals surface area contributed by atoms with Gasteiger partial charge in [-0.25, -0.2) is 0 Å². The summed E-state index contributed by atoms with van der Waals surface area (Å²) in [5.74, 6) is -1.76. The number of nitrogens with one attached hydrogen (secondary N) is 1. The summed E-state index contributed by atoms with van der Waals surface area (Å²) in [7, 11) is 0. The summed E-state index contributed by atoms with van der Waals surface area (Å²) in [4.78, 5) is 20.6. The number of carboxylic acid groups (broad SMARTS) is 1. The Morgan fingerprint density at radius 3 is 2.12 bits per heavy atom. The molecule has 0 rings (SSSR count). The third-order valence-electron chi connectivity index (χ3n) is 1.80. The zero-order valence-corrected chi connectivity index (χ0v) is 10.8. The Morgan fingerprint density at radius 1 is 1.18 bits per heavy atom. The lowest BCUT2D eigenvalue weighted by Crippen LogP contribution is -2.49. The Kier molecular flexibility index (Phi) is 15.5. The van der Waals surface area contributed by atoms with E-state index in [0.29, 0.717) is 12.6 Å². The SMILES string of the molecule is CCCCNC(=O)/C=C\C(=O)[O-].CCCC[NH3+]. The maximum atomic E-state index is 10.7. The molecule has 0 aliphatic rings. The van der Waals surface area contributed by atoms with Crippen molar-refractivity contribution in [1.29, 1.82) is 0 Å². The Morgan fingerprint density at radius 2 is 1.76 bits per heavy atom. The van der Waals surface area contributed by atoms with Crippen LogP contribution in [-0.4, -0.2) is 25.0 Å². The van der Waals surface area contributed by atoms with E-state index in [4.69, 9.17) is 0 Å². The largest absolute Gasteiger partial charge is 0.545 e. The third kappa shape index (κ3) is 20.7. The van der Waals surface area contributed by atoms with Crippen LogP contribution in [0.15, 0.2) is 12.2 Å². The molecule has 0 radical (unpaired) electrons. The number of hydrogen-bond donors (Lipinski definition) is 2. The molecule has 0 aliphatic heterocycles. The van der Waals surface area contributed by atoms with Gasteiger partial charge in [0.05, 0.1) is 12.5 Å². The van der Waals surface area contributed by atoms with Gasteiger partial charge in [-0.15, -0.1) is 0 Å². The van der Waals surface area contributed by atoms with Crippen LogP contribution in [0.5, 0.6) is 0 Å². The summed E-state index contributed by atoms with van der Waals surface area (Å²) in [6.45, 7) is 5.84. The molecule has 4 N–H and O–H groups in total. The monoisotopic (exact) mass is 244 g/mol. The van der Waals surface area contributed by atoms with E-state index in [1.165, 1.54) is 12.8 Å². The van der Waals surface area contributed by atoms with Crippen LogP contribution < -0.4 is 16.2 Å². The standard InChI is InChI=1S/C8H13NO3.C4H11N/c1-2-3-6-9-7(10)4-5-8(11)12;1-2-3-4-5/h4-5H,2-3,6H2,1H3,(H,9,10)(H,11,12);2-5H2,1H3/b5-4-;. The van der Waals surface area contributed by atoms with Crippen LogP contribution in [0.2, 0.25) is 0 Å². The van der Waals surface area contributed by atoms with E-state index in [1.807, 2.05) is 6.92 Å². The predicted octanol–water partition coefficient (Wildman–Crippen LogP) is -0.763. The maximum Gasteiger partial charge on any atom is 0.244 e. The van der Waals surface area contributed by atoms with Crippen LogP contribution in [0, 0.1) is 0 Å². The van der Waals surface area contributed by atoms with Crippen molar-refractivity contribution < 1.29 is 20.4 Å². The van der Waals surface area contributed by atoms with Gasteiger partial charge in [0.25, 0.3) is 0 Å². The van der Waals surface area contributed by atoms with Gasteiger partial charge in [-0.3, -0.25) is 4.79 Å². The van der Waals surface area contributed by atoms with Gasteiger partial charge in [-0.1, -0.05) is 26.7 Å². The lowest BCUT2D eigenvalue weighted by atomic mass is 10.3. The van der Waals surface area contributed by atoms with Crippen LogP contribution >= 0.6 is 0 Å². The molecule has 0 aromatic carbocycles. The zero-order valence-electron chi connectivity index (χ0n) is 10.8. The second-order valence-electron chi connectivity index (χ2n) is 3.50. The number of amides is 1. The highest BCUT2D eigenvalue weighted by atomic mass is 16.4. The second-order valence-corrected chi connectivity index (χ2v) is 3.50. The van der Waals surface area contributed by atoms with Gasteiger partial charge < -0.3 is 21.0 Å². The Balaban J connectivity index is 0. The first-order valence-electron chi connectivity index (χ1n) is 6.04. The lowest BCUT2D eigenvalue weighted by Gasteiger charge is -1.98. The molecule has 0 heterocycles. The van der Waals surface area contributed by atoms with E-state index in [1.54, 1.807) is 0 Å². The molecule has 0 aromatic rings. The Bertz CT molecular complexity index is 226. The van der Waals surface area contributed by atoms with E-state index in [2.05, 4.69) is 18.0 Å². The van der Waals surface area contributed by atoms with Crippen LogP contribution in [-0.2, 0) is 9.59 Å². The van der Waals surface area contributed by atoms with Gasteiger partial charge in [-0.2, -0.15) is 0 Å². The number of carbonyl (C=O) groups is 2. The highest BCUT2D eigenvalue weighted by Gasteiger charge is 1.91. The van der Waals surface area contributed by atoms with Gasteiger partial charge in [0.15, 0.2) is 0 Å². The second kappa shape index (κ2) is 14.6. The van der Waals surface area contributed by atoms with Crippen molar-refractivity contribution >= 4 is 11.9 Å². The summed E-state index contributed by atoms with van der Waals surface area (Å²) in [5, 5.41) is 12.4. The first kappa shape index (κ1) is 18.0. The predicted molar refractivity (Wildman–Crippen MR) is 64.7 cm³/mol. The quantitative estimate of drug-likeness (QED) is 0.455. The van der Waals surface area contributed by atoms with E-state index in [-0.39, 0.29) is 0 Å². The molecule has 0 saturated carbocycles. The fourth-order valence-corrected chi connectivity index (χ4v) is 0.841. The highest BCUT2D eigenvalue weighted by molar-refractivity contribution is 5.93. The fourth-order valence-electron chi connectivity index (χ4n) is 0.841. The molecule has 0 fully saturated rings. The molecule has 0 aromatic heterocycles. The van der Waals surface area contributed by atoms with Crippen LogP contribution in [0.1, 0.15) is 39.5 Å². The number of aliphatic carboxylic acids is 1. The fraction of sp³-hybridized carbons (Fsp3) is 0.667. The van der Waals surface area contributed by atoms with Crippen molar-refractivity contribution in [2.24, 2.45) is 0 Å². The molecule has 0 spiro atoms. The summed E-state index contributed by atoms with van der Waals surface area (Å²) in [5.41, 5.74) is 3.68. The van der Waals surface area contributed by atoms with Crippen molar-refractivity contribution in [3.05, 3.63) is 12.2 Å². The normalized spacial score (nSPS) is 9.59. The topological polar surface area (TPSA) is 96.9 Å². The average Bonchev–Trinajstić information content (AvgIpc) is 2.29. The Hall–Kier alpha value is -1.36. The molecule has 0 saturated heterocycles. The Labute approximate surface area is 103 Å². The molecular weight excluding hydrogens is 220 g/mol.